The van der Waals surface area contributed by atoms with Crippen molar-refractivity contribution in [2.75, 3.05) is 11.1 Å². The van der Waals surface area contributed by atoms with Gasteiger partial charge >= 0.3 is 0 Å². The monoisotopic (exact) mass is 317 g/mol. The van der Waals surface area contributed by atoms with E-state index < -0.39 is 0 Å². The second kappa shape index (κ2) is 6.54. The first-order chi connectivity index (χ1) is 11.5. The fourth-order valence-corrected chi connectivity index (χ4v) is 2.60. The highest BCUT2D eigenvalue weighted by molar-refractivity contribution is 6.05. The summed E-state index contributed by atoms with van der Waals surface area (Å²) in [5, 5.41) is 2.83. The summed E-state index contributed by atoms with van der Waals surface area (Å²) in [6.07, 6.45) is 1.85. The van der Waals surface area contributed by atoms with Crippen LogP contribution in [0.2, 0.25) is 0 Å². The second-order valence-electron chi connectivity index (χ2n) is 5.80. The van der Waals surface area contributed by atoms with Crippen molar-refractivity contribution >= 4 is 17.3 Å². The number of rotatable bonds is 3. The Morgan fingerprint density at radius 1 is 1.04 bits per heavy atom. The molecule has 0 fully saturated rings. The number of pyridine rings is 1. The first-order valence-corrected chi connectivity index (χ1v) is 7.74. The van der Waals surface area contributed by atoms with Crippen molar-refractivity contribution in [1.82, 2.24) is 4.98 Å². The highest BCUT2D eigenvalue weighted by atomic mass is 16.1. The van der Waals surface area contributed by atoms with Crippen LogP contribution in [0.4, 0.5) is 11.4 Å². The number of nitrogens with two attached hydrogens (primary N) is 1. The summed E-state index contributed by atoms with van der Waals surface area (Å²) < 4.78 is 0. The lowest BCUT2D eigenvalue weighted by molar-refractivity contribution is 0.102. The van der Waals surface area contributed by atoms with Crippen LogP contribution >= 0.6 is 0 Å². The maximum absolute atomic E-state index is 12.3. The molecule has 0 aliphatic heterocycles. The quantitative estimate of drug-likeness (QED) is 0.711. The van der Waals surface area contributed by atoms with Gasteiger partial charge < -0.3 is 11.1 Å². The minimum absolute atomic E-state index is 0.187. The average Bonchev–Trinajstić information content (AvgIpc) is 2.57. The molecule has 3 N–H and O–H groups in total. The molecule has 0 saturated heterocycles. The SMILES string of the molecule is Cc1cnc(-c2ccc(C(=O)Nc3ccccc3N)cc2)c(C)c1. The van der Waals surface area contributed by atoms with Crippen molar-refractivity contribution < 1.29 is 4.79 Å². The molecule has 3 rings (SSSR count). The van der Waals surface area contributed by atoms with Crippen molar-refractivity contribution in [3.05, 3.63) is 77.5 Å². The molecule has 0 aliphatic rings. The fourth-order valence-electron chi connectivity index (χ4n) is 2.60. The minimum Gasteiger partial charge on any atom is -0.397 e. The average molecular weight is 317 g/mol. The van der Waals surface area contributed by atoms with Crippen molar-refractivity contribution in [1.29, 1.82) is 0 Å². The molecule has 1 heterocycles. The molecule has 0 aliphatic carbocycles. The number of anilines is 2. The smallest absolute Gasteiger partial charge is 0.255 e. The minimum atomic E-state index is -0.187. The Bertz CT molecular complexity index is 886. The molecular weight excluding hydrogens is 298 g/mol. The van der Waals surface area contributed by atoms with Crippen LogP contribution in [-0.4, -0.2) is 10.9 Å². The molecule has 0 bridgehead atoms. The number of nitrogens with zero attached hydrogens (tertiary/aromatic N) is 1. The fraction of sp³-hybridized carbons (Fsp3) is 0.100. The molecule has 120 valence electrons. The number of hydrogen-bond donors (Lipinski definition) is 2. The number of nitrogen functional groups attached to an aromatic ring is 1. The summed E-state index contributed by atoms with van der Waals surface area (Å²) in [6.45, 7) is 4.06. The molecule has 24 heavy (non-hydrogen) atoms. The third kappa shape index (κ3) is 3.27. The predicted molar refractivity (Wildman–Crippen MR) is 98.0 cm³/mol. The summed E-state index contributed by atoms with van der Waals surface area (Å²) in [5.74, 6) is -0.187. The summed E-state index contributed by atoms with van der Waals surface area (Å²) in [5.41, 5.74) is 11.8. The van der Waals surface area contributed by atoms with Crippen molar-refractivity contribution in [2.24, 2.45) is 0 Å². The molecule has 1 aromatic heterocycles. The lowest BCUT2D eigenvalue weighted by Gasteiger charge is -2.09. The van der Waals surface area contributed by atoms with Gasteiger partial charge in [-0.2, -0.15) is 0 Å². The highest BCUT2D eigenvalue weighted by Crippen LogP contribution is 2.23. The molecule has 2 aromatic carbocycles. The summed E-state index contributed by atoms with van der Waals surface area (Å²) >= 11 is 0. The number of benzene rings is 2. The van der Waals surface area contributed by atoms with Gasteiger partial charge in [-0.3, -0.25) is 9.78 Å². The van der Waals surface area contributed by atoms with Gasteiger partial charge in [-0.1, -0.05) is 30.3 Å². The number of aromatic nitrogens is 1. The van der Waals surface area contributed by atoms with E-state index in [2.05, 4.69) is 16.4 Å². The standard InChI is InChI=1S/C20H19N3O/c1-13-11-14(2)19(22-12-13)15-7-9-16(10-8-15)20(24)23-18-6-4-3-5-17(18)21/h3-12H,21H2,1-2H3,(H,23,24). The summed E-state index contributed by atoms with van der Waals surface area (Å²) in [4.78, 5) is 16.8. The van der Waals surface area contributed by atoms with Crippen LogP contribution < -0.4 is 11.1 Å². The topological polar surface area (TPSA) is 68.0 Å². The molecule has 0 atom stereocenters. The van der Waals surface area contributed by atoms with Gasteiger partial charge in [0, 0.05) is 17.3 Å². The molecular formula is C20H19N3O. The van der Waals surface area contributed by atoms with E-state index in [4.69, 9.17) is 5.73 Å². The van der Waals surface area contributed by atoms with E-state index in [1.165, 1.54) is 0 Å². The lowest BCUT2D eigenvalue weighted by atomic mass is 10.0. The van der Waals surface area contributed by atoms with E-state index in [0.717, 1.165) is 22.4 Å². The first-order valence-electron chi connectivity index (χ1n) is 7.74. The Hall–Kier alpha value is -3.14. The number of carbonyl (C=O) groups excluding carboxylic acids is 1. The maximum Gasteiger partial charge on any atom is 0.255 e. The summed E-state index contributed by atoms with van der Waals surface area (Å²) in [7, 11) is 0. The van der Waals surface area contributed by atoms with Gasteiger partial charge in [0.1, 0.15) is 0 Å². The van der Waals surface area contributed by atoms with Crippen LogP contribution in [-0.2, 0) is 0 Å². The van der Waals surface area contributed by atoms with Gasteiger partial charge in [-0.25, -0.2) is 0 Å². The zero-order chi connectivity index (χ0) is 17.1. The van der Waals surface area contributed by atoms with E-state index in [-0.39, 0.29) is 5.91 Å². The molecule has 0 radical (unpaired) electrons. The molecule has 4 heteroatoms. The number of aryl methyl sites for hydroxylation is 2. The molecule has 0 spiro atoms. The molecule has 4 nitrogen and oxygen atoms in total. The van der Waals surface area contributed by atoms with E-state index in [1.807, 2.05) is 44.3 Å². The Kier molecular flexibility index (Phi) is 4.29. The van der Waals surface area contributed by atoms with Crippen LogP contribution in [0.1, 0.15) is 21.5 Å². The summed E-state index contributed by atoms with van der Waals surface area (Å²) in [6, 6.07) is 16.7. The number of para-hydroxylation sites is 2. The maximum atomic E-state index is 12.3. The van der Waals surface area contributed by atoms with Crippen LogP contribution in [0.15, 0.2) is 60.8 Å². The van der Waals surface area contributed by atoms with Crippen molar-refractivity contribution in [3.63, 3.8) is 0 Å². The van der Waals surface area contributed by atoms with Crippen molar-refractivity contribution in [3.8, 4) is 11.3 Å². The van der Waals surface area contributed by atoms with Gasteiger partial charge in [0.15, 0.2) is 0 Å². The second-order valence-corrected chi connectivity index (χ2v) is 5.80. The highest BCUT2D eigenvalue weighted by Gasteiger charge is 2.09. The number of carbonyl (C=O) groups is 1. The molecule has 0 saturated carbocycles. The number of hydrogen-bond acceptors (Lipinski definition) is 3. The lowest BCUT2D eigenvalue weighted by Crippen LogP contribution is -2.13. The van der Waals surface area contributed by atoms with E-state index >= 15 is 0 Å². The normalized spacial score (nSPS) is 10.4. The van der Waals surface area contributed by atoms with Crippen LogP contribution in [0, 0.1) is 13.8 Å². The Morgan fingerprint density at radius 3 is 2.42 bits per heavy atom. The van der Waals surface area contributed by atoms with Gasteiger partial charge in [0.25, 0.3) is 5.91 Å². The van der Waals surface area contributed by atoms with Crippen LogP contribution in [0.5, 0.6) is 0 Å². The van der Waals surface area contributed by atoms with E-state index in [9.17, 15) is 4.79 Å². The van der Waals surface area contributed by atoms with Gasteiger partial charge in [-0.15, -0.1) is 0 Å². The Morgan fingerprint density at radius 2 is 1.75 bits per heavy atom. The van der Waals surface area contributed by atoms with Crippen LogP contribution in [0.3, 0.4) is 0 Å². The van der Waals surface area contributed by atoms with E-state index in [1.54, 1.807) is 24.3 Å². The van der Waals surface area contributed by atoms with Gasteiger partial charge in [0.2, 0.25) is 0 Å². The molecule has 3 aromatic rings. The van der Waals surface area contributed by atoms with Gasteiger partial charge in [-0.05, 0) is 49.2 Å². The number of nitrogens with one attached hydrogen (secondary N) is 1. The van der Waals surface area contributed by atoms with Crippen molar-refractivity contribution in [2.45, 2.75) is 13.8 Å². The van der Waals surface area contributed by atoms with E-state index in [0.29, 0.717) is 16.9 Å². The Balaban J connectivity index is 1.81. The third-order valence-electron chi connectivity index (χ3n) is 3.84. The zero-order valence-corrected chi connectivity index (χ0v) is 13.7. The zero-order valence-electron chi connectivity index (χ0n) is 13.7. The molecule has 0 unspecified atom stereocenters. The van der Waals surface area contributed by atoms with Crippen LogP contribution in [0.25, 0.3) is 11.3 Å². The number of amides is 1. The predicted octanol–water partition coefficient (Wildman–Crippen LogP) is 4.20. The first kappa shape index (κ1) is 15.7. The largest absolute Gasteiger partial charge is 0.397 e. The third-order valence-corrected chi connectivity index (χ3v) is 3.84. The van der Waals surface area contributed by atoms with Gasteiger partial charge in [0.05, 0.1) is 17.1 Å². The molecule has 1 amide bonds. The Labute approximate surface area is 141 Å².